The maximum atomic E-state index is 13.0. The van der Waals surface area contributed by atoms with Crippen LogP contribution in [0.5, 0.6) is 0 Å². The minimum absolute atomic E-state index is 0.242. The van der Waals surface area contributed by atoms with Gasteiger partial charge in [0.15, 0.2) is 6.29 Å². The van der Waals surface area contributed by atoms with Gasteiger partial charge in [0.05, 0.1) is 25.4 Å². The maximum absolute atomic E-state index is 13.0. The molecule has 0 aromatic heterocycles. The highest BCUT2D eigenvalue weighted by Crippen LogP contribution is 2.23. The van der Waals surface area contributed by atoms with Crippen LogP contribution in [0.1, 0.15) is 206 Å². The third-order valence-corrected chi connectivity index (χ3v) is 11.9. The fourth-order valence-corrected chi connectivity index (χ4v) is 7.77. The number of aliphatic hydroxyl groups is 7. The van der Waals surface area contributed by atoms with Crippen molar-refractivity contribution in [2.24, 2.45) is 0 Å². The molecule has 0 spiro atoms. The summed E-state index contributed by atoms with van der Waals surface area (Å²) in [4.78, 5) is 13.0. The molecule has 9 atom stereocenters. The van der Waals surface area contributed by atoms with E-state index in [0.717, 1.165) is 44.9 Å². The van der Waals surface area contributed by atoms with Gasteiger partial charge in [-0.2, -0.15) is 0 Å². The van der Waals surface area contributed by atoms with Gasteiger partial charge in [-0.25, -0.2) is 0 Å². The van der Waals surface area contributed by atoms with Crippen LogP contribution in [0.3, 0.4) is 0 Å². The first-order valence-electron chi connectivity index (χ1n) is 24.9. The van der Waals surface area contributed by atoms with Gasteiger partial charge in [-0.15, -0.1) is 0 Å². The van der Waals surface area contributed by atoms with Crippen LogP contribution >= 0.6 is 0 Å². The lowest BCUT2D eigenvalue weighted by Gasteiger charge is -2.40. The van der Waals surface area contributed by atoms with Crippen LogP contribution in [0.4, 0.5) is 0 Å². The number of allylic oxidation sites excluding steroid dienone is 6. The predicted octanol–water partition coefficient (Wildman–Crippen LogP) is 8.78. The van der Waals surface area contributed by atoms with E-state index in [1.54, 1.807) is 0 Å². The molecule has 1 fully saturated rings. The third-order valence-electron chi connectivity index (χ3n) is 11.9. The lowest BCUT2D eigenvalue weighted by atomic mass is 9.98. The summed E-state index contributed by atoms with van der Waals surface area (Å²) in [6.07, 6.45) is 35.2. The van der Waals surface area contributed by atoms with Gasteiger partial charge in [0, 0.05) is 0 Å². The average Bonchev–Trinajstić information content (AvgIpc) is 3.26. The number of hydrogen-bond acceptors (Lipinski definition) is 10. The molecule has 11 heteroatoms. The van der Waals surface area contributed by atoms with Crippen LogP contribution in [0.2, 0.25) is 0 Å². The van der Waals surface area contributed by atoms with Gasteiger partial charge in [0.1, 0.15) is 36.6 Å². The van der Waals surface area contributed by atoms with Crippen molar-refractivity contribution < 1.29 is 50.0 Å². The highest BCUT2D eigenvalue weighted by atomic mass is 16.7. The Bertz CT molecular complexity index is 1090. The van der Waals surface area contributed by atoms with Crippen molar-refractivity contribution >= 4 is 5.91 Å². The van der Waals surface area contributed by atoms with E-state index in [1.165, 1.54) is 116 Å². The van der Waals surface area contributed by atoms with Crippen molar-refractivity contribution in [1.29, 1.82) is 0 Å². The Balaban J connectivity index is 2.35. The molecule has 0 aromatic rings. The standard InChI is InChI=1S/C50H93NO10/c1-3-5-7-9-11-13-14-15-16-17-18-19-20-21-22-23-24-25-26-27-28-29-30-32-33-35-37-42(53)45(55)41(40-60-50-48(58)47(57)46(56)44(39-52)61-50)51-49(59)43(54)38-36-34-31-12-10-8-6-4-2/h22-23,26-27,30,32,41-48,50,52-58H,3-21,24-25,28-29,31,33-40H2,1-2H3,(H,51,59)/b23-22+,27-26+,32-30+. The zero-order chi connectivity index (χ0) is 44.8. The fourth-order valence-electron chi connectivity index (χ4n) is 7.77. The molecule has 0 saturated carbocycles. The van der Waals surface area contributed by atoms with Gasteiger partial charge in [0.2, 0.25) is 5.91 Å². The maximum Gasteiger partial charge on any atom is 0.249 e. The molecule has 0 radical (unpaired) electrons. The molecule has 61 heavy (non-hydrogen) atoms. The molecule has 1 aliphatic heterocycles. The highest BCUT2D eigenvalue weighted by molar-refractivity contribution is 5.80. The quantitative estimate of drug-likeness (QED) is 0.0218. The van der Waals surface area contributed by atoms with Crippen molar-refractivity contribution in [1.82, 2.24) is 5.32 Å². The minimum atomic E-state index is -1.67. The summed E-state index contributed by atoms with van der Waals surface area (Å²) < 4.78 is 11.0. The summed E-state index contributed by atoms with van der Waals surface area (Å²) in [5.41, 5.74) is 0. The minimum Gasteiger partial charge on any atom is -0.394 e. The van der Waals surface area contributed by atoms with E-state index in [4.69, 9.17) is 9.47 Å². The Morgan fingerprint density at radius 2 is 0.984 bits per heavy atom. The van der Waals surface area contributed by atoms with Crippen molar-refractivity contribution in [3.05, 3.63) is 36.5 Å². The van der Waals surface area contributed by atoms with Gasteiger partial charge in [-0.3, -0.25) is 4.79 Å². The Labute approximate surface area is 371 Å². The summed E-state index contributed by atoms with van der Waals surface area (Å²) in [7, 11) is 0. The molecule has 1 saturated heterocycles. The van der Waals surface area contributed by atoms with Gasteiger partial charge in [-0.1, -0.05) is 179 Å². The SMILES string of the molecule is CCCCCCCCCCCCCCC/C=C/CC/C=C/CC/C=C/CCCC(O)C(O)C(COC1OC(CO)C(O)C(O)C1O)NC(=O)C(O)CCCCCCCCCC. The molecule has 1 aliphatic rings. The molecule has 1 amide bonds. The summed E-state index contributed by atoms with van der Waals surface area (Å²) in [6.45, 7) is 3.37. The molecule has 0 aromatic carbocycles. The first-order valence-corrected chi connectivity index (χ1v) is 24.9. The topological polar surface area (TPSA) is 189 Å². The summed E-state index contributed by atoms with van der Waals surface area (Å²) in [6, 6.07) is -1.19. The number of unbranched alkanes of at least 4 members (excludes halogenated alkanes) is 23. The van der Waals surface area contributed by atoms with Gasteiger partial charge in [-0.05, 0) is 64.2 Å². The number of amides is 1. The number of hydrogen-bond donors (Lipinski definition) is 8. The lowest BCUT2D eigenvalue weighted by Crippen LogP contribution is -2.60. The number of ether oxygens (including phenoxy) is 2. The first-order chi connectivity index (χ1) is 29.7. The van der Waals surface area contributed by atoms with E-state index in [9.17, 15) is 40.5 Å². The van der Waals surface area contributed by atoms with Crippen LogP contribution in [0, 0.1) is 0 Å². The van der Waals surface area contributed by atoms with Gasteiger partial charge in [0.25, 0.3) is 0 Å². The molecular weight excluding hydrogens is 775 g/mol. The summed E-state index contributed by atoms with van der Waals surface area (Å²) >= 11 is 0. The number of aliphatic hydroxyl groups excluding tert-OH is 7. The van der Waals surface area contributed by atoms with Crippen LogP contribution in [0.15, 0.2) is 36.5 Å². The summed E-state index contributed by atoms with van der Waals surface area (Å²) in [5.74, 6) is -0.717. The zero-order valence-corrected chi connectivity index (χ0v) is 38.6. The molecule has 9 unspecified atom stereocenters. The number of nitrogens with one attached hydrogen (secondary N) is 1. The first kappa shape index (κ1) is 57.3. The monoisotopic (exact) mass is 868 g/mol. The molecule has 0 bridgehead atoms. The molecule has 0 aliphatic carbocycles. The van der Waals surface area contributed by atoms with Crippen molar-refractivity contribution in [3.63, 3.8) is 0 Å². The van der Waals surface area contributed by atoms with Crippen LogP contribution in [0.25, 0.3) is 0 Å². The smallest absolute Gasteiger partial charge is 0.249 e. The lowest BCUT2D eigenvalue weighted by molar-refractivity contribution is -0.303. The van der Waals surface area contributed by atoms with Gasteiger partial charge >= 0.3 is 0 Å². The molecule has 1 heterocycles. The Morgan fingerprint density at radius 3 is 1.46 bits per heavy atom. The second-order valence-corrected chi connectivity index (χ2v) is 17.5. The van der Waals surface area contributed by atoms with Crippen LogP contribution in [-0.4, -0.2) is 110 Å². The van der Waals surface area contributed by atoms with Crippen molar-refractivity contribution in [3.8, 4) is 0 Å². The average molecular weight is 868 g/mol. The number of carbonyl (C=O) groups is 1. The van der Waals surface area contributed by atoms with Crippen molar-refractivity contribution in [2.45, 2.75) is 262 Å². The number of rotatable bonds is 41. The summed E-state index contributed by atoms with van der Waals surface area (Å²) in [5, 5.41) is 75.4. The Morgan fingerprint density at radius 1 is 0.557 bits per heavy atom. The van der Waals surface area contributed by atoms with E-state index in [1.807, 2.05) is 0 Å². The van der Waals surface area contributed by atoms with E-state index in [-0.39, 0.29) is 12.8 Å². The Hall–Kier alpha value is -1.67. The molecular formula is C50H93NO10. The van der Waals surface area contributed by atoms with E-state index in [2.05, 4.69) is 55.6 Å². The highest BCUT2D eigenvalue weighted by Gasteiger charge is 2.44. The third kappa shape index (κ3) is 29.4. The predicted molar refractivity (Wildman–Crippen MR) is 247 cm³/mol. The number of carbonyl (C=O) groups excluding carboxylic acids is 1. The van der Waals surface area contributed by atoms with E-state index in [0.29, 0.717) is 19.3 Å². The van der Waals surface area contributed by atoms with Crippen molar-refractivity contribution in [2.75, 3.05) is 13.2 Å². The molecule has 8 N–H and O–H groups in total. The van der Waals surface area contributed by atoms with E-state index < -0.39 is 74.2 Å². The fraction of sp³-hybridized carbons (Fsp3) is 0.860. The second-order valence-electron chi connectivity index (χ2n) is 17.5. The second kappa shape index (κ2) is 39.9. The van der Waals surface area contributed by atoms with Gasteiger partial charge < -0.3 is 50.5 Å². The van der Waals surface area contributed by atoms with Crippen LogP contribution < -0.4 is 5.32 Å². The normalized spacial score (nSPS) is 21.8. The largest absolute Gasteiger partial charge is 0.394 e. The Kier molecular flexibility index (Phi) is 37.5. The van der Waals surface area contributed by atoms with E-state index >= 15 is 0 Å². The molecule has 1 rings (SSSR count). The van der Waals surface area contributed by atoms with Crippen LogP contribution in [-0.2, 0) is 14.3 Å². The molecule has 358 valence electrons. The zero-order valence-electron chi connectivity index (χ0n) is 38.6. The molecule has 11 nitrogen and oxygen atoms in total.